The Balaban J connectivity index is 2.05. The molecule has 1 N–H and O–H groups in total. The van der Waals surface area contributed by atoms with E-state index in [-0.39, 0.29) is 29.1 Å². The summed E-state index contributed by atoms with van der Waals surface area (Å²) in [7, 11) is -2.82. The van der Waals surface area contributed by atoms with Crippen LogP contribution < -0.4 is 14.4 Å². The van der Waals surface area contributed by atoms with Crippen molar-refractivity contribution in [3.05, 3.63) is 89.2 Å². The second-order valence-corrected chi connectivity index (χ2v) is 11.9. The van der Waals surface area contributed by atoms with E-state index in [0.717, 1.165) is 16.4 Å². The van der Waals surface area contributed by atoms with Crippen LogP contribution in [0.4, 0.5) is 10.1 Å². The average Bonchev–Trinajstić information content (AvgIpc) is 2.97. The van der Waals surface area contributed by atoms with Crippen molar-refractivity contribution in [3.63, 3.8) is 0 Å². The molecule has 0 spiro atoms. The van der Waals surface area contributed by atoms with E-state index >= 15 is 0 Å². The quantitative estimate of drug-likeness (QED) is 0.282. The normalized spacial score (nSPS) is 12.7. The Morgan fingerprint density at radius 2 is 1.56 bits per heavy atom. The molecule has 8 nitrogen and oxygen atoms in total. The Morgan fingerprint density at radius 1 is 0.951 bits per heavy atom. The number of amides is 2. The highest BCUT2D eigenvalue weighted by Gasteiger charge is 2.34. The fourth-order valence-electron chi connectivity index (χ4n) is 4.16. The van der Waals surface area contributed by atoms with Crippen molar-refractivity contribution in [1.82, 2.24) is 10.2 Å². The number of methoxy groups -OCH3 is 1. The summed E-state index contributed by atoms with van der Waals surface area (Å²) in [5.74, 6) is -1.04. The van der Waals surface area contributed by atoms with Crippen LogP contribution >= 0.6 is 11.6 Å². The van der Waals surface area contributed by atoms with Gasteiger partial charge in [0.15, 0.2) is 0 Å². The first-order chi connectivity index (χ1) is 19.5. The third-order valence-electron chi connectivity index (χ3n) is 6.69. The van der Waals surface area contributed by atoms with Crippen LogP contribution in [0.15, 0.2) is 77.7 Å². The zero-order valence-corrected chi connectivity index (χ0v) is 25.1. The van der Waals surface area contributed by atoms with Crippen LogP contribution in [0.5, 0.6) is 5.75 Å². The molecule has 0 bridgehead atoms. The van der Waals surface area contributed by atoms with Crippen LogP contribution in [-0.2, 0) is 26.2 Å². The molecule has 0 fully saturated rings. The zero-order valence-electron chi connectivity index (χ0n) is 23.5. The number of halogens is 2. The fourth-order valence-corrected chi connectivity index (χ4v) is 5.70. The molecule has 0 unspecified atom stereocenters. The second kappa shape index (κ2) is 14.3. The number of benzene rings is 3. The molecular formula is C30H35ClFN3O5S. The van der Waals surface area contributed by atoms with Crippen LogP contribution in [0.25, 0.3) is 0 Å². The van der Waals surface area contributed by atoms with Gasteiger partial charge in [-0.05, 0) is 86.0 Å². The molecule has 2 amide bonds. The first kappa shape index (κ1) is 31.9. The van der Waals surface area contributed by atoms with Gasteiger partial charge in [0, 0.05) is 17.6 Å². The van der Waals surface area contributed by atoms with Crippen molar-refractivity contribution < 1.29 is 27.1 Å². The Labute approximate surface area is 246 Å². The number of carbonyl (C=O) groups is 2. The van der Waals surface area contributed by atoms with Crippen molar-refractivity contribution in [3.8, 4) is 5.75 Å². The maximum atomic E-state index is 14.0. The SMILES string of the molecule is CC[C@@H](C)NC(=O)[C@@H](CC)N(Cc1ccc(Cl)cc1)C(=O)CN(c1ccc(F)cc1)S(=O)(=O)c1ccc(OC)cc1. The Bertz CT molecular complexity index is 1420. The summed E-state index contributed by atoms with van der Waals surface area (Å²) in [6, 6.07) is 16.4. The topological polar surface area (TPSA) is 96.0 Å². The van der Waals surface area contributed by atoms with E-state index in [0.29, 0.717) is 29.2 Å². The number of anilines is 1. The number of hydrogen-bond donors (Lipinski definition) is 1. The van der Waals surface area contributed by atoms with Gasteiger partial charge in [-0.1, -0.05) is 37.6 Å². The summed E-state index contributed by atoms with van der Waals surface area (Å²) in [5, 5.41) is 3.44. The Kier molecular flexibility index (Phi) is 11.1. The summed E-state index contributed by atoms with van der Waals surface area (Å²) in [4.78, 5) is 28.6. The van der Waals surface area contributed by atoms with Crippen molar-refractivity contribution in [2.24, 2.45) is 0 Å². The van der Waals surface area contributed by atoms with E-state index in [1.54, 1.807) is 31.2 Å². The molecule has 0 aliphatic heterocycles. The molecule has 220 valence electrons. The van der Waals surface area contributed by atoms with Crippen LogP contribution in [-0.4, -0.2) is 50.9 Å². The van der Waals surface area contributed by atoms with E-state index in [1.807, 2.05) is 13.8 Å². The first-order valence-corrected chi connectivity index (χ1v) is 15.1. The van der Waals surface area contributed by atoms with Crippen LogP contribution in [0.1, 0.15) is 39.2 Å². The highest BCUT2D eigenvalue weighted by Crippen LogP contribution is 2.26. The van der Waals surface area contributed by atoms with Crippen LogP contribution in [0.2, 0.25) is 5.02 Å². The van der Waals surface area contributed by atoms with Gasteiger partial charge in [0.2, 0.25) is 11.8 Å². The predicted octanol–water partition coefficient (Wildman–Crippen LogP) is 5.41. The van der Waals surface area contributed by atoms with Crippen LogP contribution in [0, 0.1) is 5.82 Å². The Morgan fingerprint density at radius 3 is 2.10 bits per heavy atom. The lowest BCUT2D eigenvalue weighted by Gasteiger charge is -2.33. The van der Waals surface area contributed by atoms with Gasteiger partial charge in [0.1, 0.15) is 24.2 Å². The number of rotatable bonds is 13. The third kappa shape index (κ3) is 8.20. The molecule has 2 atom stereocenters. The highest BCUT2D eigenvalue weighted by molar-refractivity contribution is 7.92. The van der Waals surface area contributed by atoms with Gasteiger partial charge in [-0.2, -0.15) is 0 Å². The number of carbonyl (C=O) groups excluding carboxylic acids is 2. The molecule has 0 aliphatic carbocycles. The van der Waals surface area contributed by atoms with Gasteiger partial charge >= 0.3 is 0 Å². The molecule has 0 radical (unpaired) electrons. The molecule has 3 rings (SSSR count). The molecule has 0 heterocycles. The van der Waals surface area contributed by atoms with Gasteiger partial charge in [-0.3, -0.25) is 13.9 Å². The number of sulfonamides is 1. The van der Waals surface area contributed by atoms with Gasteiger partial charge in [-0.15, -0.1) is 0 Å². The third-order valence-corrected chi connectivity index (χ3v) is 8.73. The maximum absolute atomic E-state index is 14.0. The van der Waals surface area contributed by atoms with E-state index in [9.17, 15) is 22.4 Å². The number of ether oxygens (including phenoxy) is 1. The molecule has 41 heavy (non-hydrogen) atoms. The number of nitrogens with zero attached hydrogens (tertiary/aromatic N) is 2. The number of nitrogens with one attached hydrogen (secondary N) is 1. The average molecular weight is 604 g/mol. The Hall–Kier alpha value is -3.63. The molecule has 0 aromatic heterocycles. The van der Waals surface area contributed by atoms with Crippen molar-refractivity contribution >= 4 is 39.1 Å². The minimum Gasteiger partial charge on any atom is -0.497 e. The lowest BCUT2D eigenvalue weighted by atomic mass is 10.1. The summed E-state index contributed by atoms with van der Waals surface area (Å²) >= 11 is 6.05. The summed E-state index contributed by atoms with van der Waals surface area (Å²) < 4.78 is 47.5. The fraction of sp³-hybridized carbons (Fsp3) is 0.333. The van der Waals surface area contributed by atoms with Crippen molar-refractivity contribution in [2.75, 3.05) is 18.0 Å². The molecular weight excluding hydrogens is 569 g/mol. The predicted molar refractivity (Wildman–Crippen MR) is 158 cm³/mol. The molecule has 0 saturated heterocycles. The standard InChI is InChI=1S/C30H35ClFN3O5S/c1-5-21(3)33-30(37)28(6-2)34(19-22-7-9-23(31)10-8-22)29(36)20-35(25-13-11-24(32)12-14-25)41(38,39)27-17-15-26(40-4)16-18-27/h7-18,21,28H,5-6,19-20H2,1-4H3,(H,33,37)/t21-,28-/m1/s1. The van der Waals surface area contributed by atoms with E-state index in [2.05, 4.69) is 5.32 Å². The van der Waals surface area contributed by atoms with Gasteiger partial charge in [-0.25, -0.2) is 12.8 Å². The molecule has 11 heteroatoms. The summed E-state index contributed by atoms with van der Waals surface area (Å²) in [6.45, 7) is 5.01. The maximum Gasteiger partial charge on any atom is 0.264 e. The smallest absolute Gasteiger partial charge is 0.264 e. The minimum absolute atomic E-state index is 0.0439. The van der Waals surface area contributed by atoms with Crippen molar-refractivity contribution in [2.45, 2.75) is 57.1 Å². The molecule has 3 aromatic carbocycles. The lowest BCUT2D eigenvalue weighted by Crippen LogP contribution is -2.53. The van der Waals surface area contributed by atoms with Crippen LogP contribution in [0.3, 0.4) is 0 Å². The summed E-state index contributed by atoms with van der Waals surface area (Å²) in [5.41, 5.74) is 0.808. The van der Waals surface area contributed by atoms with E-state index in [1.165, 1.54) is 48.4 Å². The molecule has 0 saturated carbocycles. The molecule has 3 aromatic rings. The van der Waals surface area contributed by atoms with Crippen molar-refractivity contribution in [1.29, 1.82) is 0 Å². The zero-order chi connectivity index (χ0) is 30.2. The largest absolute Gasteiger partial charge is 0.497 e. The summed E-state index contributed by atoms with van der Waals surface area (Å²) in [6.07, 6.45) is 0.995. The van der Waals surface area contributed by atoms with E-state index in [4.69, 9.17) is 16.3 Å². The first-order valence-electron chi connectivity index (χ1n) is 13.3. The second-order valence-electron chi connectivity index (χ2n) is 9.55. The highest BCUT2D eigenvalue weighted by atomic mass is 35.5. The lowest BCUT2D eigenvalue weighted by molar-refractivity contribution is -0.140. The van der Waals surface area contributed by atoms with Gasteiger partial charge < -0.3 is 15.0 Å². The van der Waals surface area contributed by atoms with Gasteiger partial charge in [0.05, 0.1) is 17.7 Å². The molecule has 0 aliphatic rings. The minimum atomic E-state index is -4.28. The monoisotopic (exact) mass is 603 g/mol. The van der Waals surface area contributed by atoms with E-state index < -0.39 is 34.3 Å². The number of hydrogen-bond acceptors (Lipinski definition) is 5. The van der Waals surface area contributed by atoms with Gasteiger partial charge in [0.25, 0.3) is 10.0 Å².